The predicted octanol–water partition coefficient (Wildman–Crippen LogP) is 2.54. The highest BCUT2D eigenvalue weighted by Crippen LogP contribution is 2.28. The number of nitrogens with one attached hydrogen (secondary N) is 1. The maximum absolute atomic E-state index is 13.1. The molecule has 1 atom stereocenters. The second kappa shape index (κ2) is 6.80. The van der Waals surface area contributed by atoms with Crippen LogP contribution < -0.4 is 5.32 Å². The molecule has 8 nitrogen and oxygen atoms in total. The Morgan fingerprint density at radius 2 is 1.72 bits per heavy atom. The number of imide groups is 1. The van der Waals surface area contributed by atoms with Gasteiger partial charge in [-0.3, -0.25) is 24.0 Å². The first kappa shape index (κ1) is 18.8. The van der Waals surface area contributed by atoms with E-state index >= 15 is 0 Å². The molecule has 8 heteroatoms. The summed E-state index contributed by atoms with van der Waals surface area (Å²) in [5, 5.41) is 7.96. The van der Waals surface area contributed by atoms with E-state index in [1.807, 2.05) is 6.92 Å². The summed E-state index contributed by atoms with van der Waals surface area (Å²) in [4.78, 5) is 44.2. The van der Waals surface area contributed by atoms with Crippen molar-refractivity contribution in [3.8, 4) is 0 Å². The molecule has 0 unspecified atom stereocenters. The molecule has 3 heterocycles. The van der Waals surface area contributed by atoms with Crippen LogP contribution in [0.5, 0.6) is 0 Å². The minimum absolute atomic E-state index is 0.269. The van der Waals surface area contributed by atoms with Gasteiger partial charge in [0.1, 0.15) is 6.04 Å². The van der Waals surface area contributed by atoms with E-state index in [1.165, 1.54) is 0 Å². The van der Waals surface area contributed by atoms with Crippen LogP contribution in [0, 0.1) is 12.8 Å². The van der Waals surface area contributed by atoms with Crippen molar-refractivity contribution in [3.63, 3.8) is 0 Å². The SMILES string of the molecule is Cc1nn(C)c2ncc(NC(=O)[C@@H](C(C)C)N3C(=O)c4ccccc4C3=O)cc12. The van der Waals surface area contributed by atoms with Crippen molar-refractivity contribution in [3.05, 3.63) is 53.3 Å². The number of anilines is 1. The third-order valence-electron chi connectivity index (χ3n) is 5.13. The van der Waals surface area contributed by atoms with Crippen LogP contribution in [-0.2, 0) is 11.8 Å². The molecule has 0 radical (unpaired) electrons. The molecule has 148 valence electrons. The van der Waals surface area contributed by atoms with Gasteiger partial charge in [-0.25, -0.2) is 4.98 Å². The number of carbonyl (C=O) groups excluding carboxylic acids is 3. The van der Waals surface area contributed by atoms with Gasteiger partial charge < -0.3 is 5.32 Å². The van der Waals surface area contributed by atoms with Crippen molar-refractivity contribution in [1.29, 1.82) is 0 Å². The van der Waals surface area contributed by atoms with E-state index in [4.69, 9.17) is 0 Å². The molecule has 29 heavy (non-hydrogen) atoms. The van der Waals surface area contributed by atoms with E-state index in [0.717, 1.165) is 16.0 Å². The third kappa shape index (κ3) is 2.97. The summed E-state index contributed by atoms with van der Waals surface area (Å²) in [6.07, 6.45) is 1.54. The van der Waals surface area contributed by atoms with E-state index < -0.39 is 23.8 Å². The standard InChI is InChI=1S/C21H21N5O3/c1-11(2)17(26-20(28)14-7-5-6-8-15(14)21(26)29)19(27)23-13-9-16-12(3)24-25(4)18(16)22-10-13/h5-11,17H,1-4H3,(H,23,27)/t17-/m1/s1. The van der Waals surface area contributed by atoms with E-state index in [9.17, 15) is 14.4 Å². The maximum Gasteiger partial charge on any atom is 0.262 e. The first-order valence-electron chi connectivity index (χ1n) is 9.36. The molecule has 1 aliphatic heterocycles. The number of aryl methyl sites for hydroxylation is 2. The van der Waals surface area contributed by atoms with Gasteiger partial charge in [0.25, 0.3) is 11.8 Å². The Balaban J connectivity index is 1.65. The van der Waals surface area contributed by atoms with Gasteiger partial charge in [0.15, 0.2) is 5.65 Å². The Labute approximate surface area is 167 Å². The van der Waals surface area contributed by atoms with Crippen LogP contribution in [0.1, 0.15) is 40.3 Å². The smallest absolute Gasteiger partial charge is 0.262 e. The Hall–Kier alpha value is -3.55. The van der Waals surface area contributed by atoms with E-state index in [-0.39, 0.29) is 5.92 Å². The molecular formula is C21H21N5O3. The van der Waals surface area contributed by atoms with Gasteiger partial charge >= 0.3 is 0 Å². The topological polar surface area (TPSA) is 97.2 Å². The number of aromatic nitrogens is 3. The summed E-state index contributed by atoms with van der Waals surface area (Å²) >= 11 is 0. The molecule has 0 fully saturated rings. The number of rotatable bonds is 4. The molecule has 1 aromatic carbocycles. The van der Waals surface area contributed by atoms with Crippen LogP contribution in [0.4, 0.5) is 5.69 Å². The summed E-state index contributed by atoms with van der Waals surface area (Å²) in [7, 11) is 1.80. The van der Waals surface area contributed by atoms with Crippen molar-refractivity contribution >= 4 is 34.4 Å². The largest absolute Gasteiger partial charge is 0.323 e. The van der Waals surface area contributed by atoms with Crippen molar-refractivity contribution in [2.45, 2.75) is 26.8 Å². The molecule has 0 spiro atoms. The molecule has 1 N–H and O–H groups in total. The number of pyridine rings is 1. The minimum Gasteiger partial charge on any atom is -0.323 e. The molecule has 0 saturated carbocycles. The zero-order chi connectivity index (χ0) is 20.9. The number of hydrogen-bond acceptors (Lipinski definition) is 5. The van der Waals surface area contributed by atoms with Gasteiger partial charge in [-0.05, 0) is 31.0 Å². The molecule has 1 aliphatic rings. The van der Waals surface area contributed by atoms with Gasteiger partial charge in [0.2, 0.25) is 5.91 Å². The van der Waals surface area contributed by atoms with Gasteiger partial charge in [0.05, 0.1) is 28.7 Å². The maximum atomic E-state index is 13.1. The molecule has 0 bridgehead atoms. The van der Waals surface area contributed by atoms with E-state index in [0.29, 0.717) is 22.5 Å². The van der Waals surface area contributed by atoms with E-state index in [1.54, 1.807) is 62.1 Å². The second-order valence-electron chi connectivity index (χ2n) is 7.51. The van der Waals surface area contributed by atoms with Gasteiger partial charge in [0, 0.05) is 12.4 Å². The highest BCUT2D eigenvalue weighted by atomic mass is 16.2. The number of benzene rings is 1. The molecule has 3 amide bonds. The van der Waals surface area contributed by atoms with Crippen LogP contribution in [-0.4, -0.2) is 43.4 Å². The zero-order valence-electron chi connectivity index (χ0n) is 16.6. The highest BCUT2D eigenvalue weighted by Gasteiger charge is 2.43. The quantitative estimate of drug-likeness (QED) is 0.690. The molecule has 4 rings (SSSR count). The number of carbonyl (C=O) groups is 3. The lowest BCUT2D eigenvalue weighted by Gasteiger charge is -2.28. The fraction of sp³-hybridized carbons (Fsp3) is 0.286. The van der Waals surface area contributed by atoms with Crippen LogP contribution in [0.2, 0.25) is 0 Å². The predicted molar refractivity (Wildman–Crippen MR) is 107 cm³/mol. The Kier molecular flexibility index (Phi) is 4.41. The summed E-state index contributed by atoms with van der Waals surface area (Å²) in [6, 6.07) is 7.47. The fourth-order valence-electron chi connectivity index (χ4n) is 3.77. The number of nitrogens with zero attached hydrogens (tertiary/aromatic N) is 4. The Morgan fingerprint density at radius 1 is 1.10 bits per heavy atom. The van der Waals surface area contributed by atoms with Crippen LogP contribution in [0.25, 0.3) is 11.0 Å². The molecule has 2 aromatic heterocycles. The number of fused-ring (bicyclic) bond motifs is 2. The lowest BCUT2D eigenvalue weighted by molar-refractivity contribution is -0.121. The van der Waals surface area contributed by atoms with Crippen molar-refractivity contribution in [1.82, 2.24) is 19.7 Å². The Bertz CT molecular complexity index is 1130. The summed E-state index contributed by atoms with van der Waals surface area (Å²) in [6.45, 7) is 5.48. The highest BCUT2D eigenvalue weighted by molar-refractivity contribution is 6.23. The van der Waals surface area contributed by atoms with Crippen LogP contribution in [0.15, 0.2) is 36.5 Å². The first-order chi connectivity index (χ1) is 13.8. The van der Waals surface area contributed by atoms with Crippen LogP contribution >= 0.6 is 0 Å². The lowest BCUT2D eigenvalue weighted by atomic mass is 10.0. The molecule has 3 aromatic rings. The Morgan fingerprint density at radius 3 is 2.31 bits per heavy atom. The van der Waals surface area contributed by atoms with Crippen molar-refractivity contribution in [2.75, 3.05) is 5.32 Å². The number of amides is 3. The van der Waals surface area contributed by atoms with Crippen molar-refractivity contribution in [2.24, 2.45) is 13.0 Å². The fourth-order valence-corrected chi connectivity index (χ4v) is 3.77. The first-order valence-corrected chi connectivity index (χ1v) is 9.36. The third-order valence-corrected chi connectivity index (χ3v) is 5.13. The molecule has 0 saturated heterocycles. The molecule has 0 aliphatic carbocycles. The zero-order valence-corrected chi connectivity index (χ0v) is 16.6. The van der Waals surface area contributed by atoms with Crippen molar-refractivity contribution < 1.29 is 14.4 Å². The summed E-state index contributed by atoms with van der Waals surface area (Å²) < 4.78 is 1.67. The normalized spacial score (nSPS) is 14.6. The minimum atomic E-state index is -0.937. The van der Waals surface area contributed by atoms with Crippen LogP contribution in [0.3, 0.4) is 0 Å². The van der Waals surface area contributed by atoms with Gasteiger partial charge in [-0.2, -0.15) is 5.10 Å². The lowest BCUT2D eigenvalue weighted by Crippen LogP contribution is -2.50. The number of hydrogen-bond donors (Lipinski definition) is 1. The van der Waals surface area contributed by atoms with Gasteiger partial charge in [-0.1, -0.05) is 26.0 Å². The van der Waals surface area contributed by atoms with E-state index in [2.05, 4.69) is 15.4 Å². The molecular weight excluding hydrogens is 370 g/mol. The summed E-state index contributed by atoms with van der Waals surface area (Å²) in [5.74, 6) is -1.60. The summed E-state index contributed by atoms with van der Waals surface area (Å²) in [5.41, 5.74) is 2.64. The van der Waals surface area contributed by atoms with Gasteiger partial charge in [-0.15, -0.1) is 0 Å². The second-order valence-corrected chi connectivity index (χ2v) is 7.51. The average molecular weight is 391 g/mol. The average Bonchev–Trinajstić information content (AvgIpc) is 3.10. The monoisotopic (exact) mass is 391 g/mol.